The van der Waals surface area contributed by atoms with Gasteiger partial charge in [-0.3, -0.25) is 0 Å². The van der Waals surface area contributed by atoms with Crippen molar-refractivity contribution in [2.24, 2.45) is 0 Å². The standard InChI is InChI=1S/C46HB27O/c47-3-1-2-4(20(49)33(62)22(51)5(2)21(50)19(3)48)8-15-16(31(60)39(68)38(67)30(15)59)13(24(53)23(8)52)6-9-11(27(56)36(65)34(63)25(9)54)7(12-10(6)26(55)35(64)37(66)28(12)57)14-17-18-32(61)40(69)42(71)44(73)46(18)74-45(17)43(72)41(70)29(14)58/h1H. The van der Waals surface area contributed by atoms with Crippen LogP contribution >= 0.6 is 0 Å². The van der Waals surface area contributed by atoms with Gasteiger partial charge in [-0.15, -0.1) is 65.6 Å². The van der Waals surface area contributed by atoms with Gasteiger partial charge in [0, 0.05) is 10.8 Å². The Bertz CT molecular complexity index is 4300. The lowest BCUT2D eigenvalue weighted by Crippen LogP contribution is -2.51. The lowest BCUT2D eigenvalue weighted by atomic mass is 9.56. The SMILES string of the molecule is [B]c1cc2c(-c3c([B])c([B])c(-c4c5c([B])c([B])c([B])c([B])c5c(-c5c([B])c([B])c([B])c6oc7c([B])c([B])c([B])c([B])c7c56)c5c([B])c([B])c([B])c([B])c45)c4c([B])c([B])c([B])c([B])c34)c([B])c([B])c([B])c2c([B])c1[B]. The predicted molar refractivity (Wildman–Crippen MR) is 346 cm³/mol. The van der Waals surface area contributed by atoms with Crippen LogP contribution in [0.1, 0.15) is 0 Å². The second-order valence-electron chi connectivity index (χ2n) is 18.2. The van der Waals surface area contributed by atoms with Crippen LogP contribution in [0.25, 0.3) is 98.4 Å². The van der Waals surface area contributed by atoms with Gasteiger partial charge in [-0.2, -0.15) is 0 Å². The Morgan fingerprint density at radius 1 is 0.176 bits per heavy atom. The van der Waals surface area contributed by atoms with Crippen molar-refractivity contribution in [2.45, 2.75) is 0 Å². The van der Waals surface area contributed by atoms with Gasteiger partial charge in [0.2, 0.25) is 0 Å². The maximum Gasteiger partial charge on any atom is 0.128 e. The number of fused-ring (bicyclic) bond motifs is 7. The average molecular weight is 861 g/mol. The molecular weight excluding hydrogens is 860 g/mol. The first-order chi connectivity index (χ1) is 34.6. The van der Waals surface area contributed by atoms with Crippen LogP contribution in [0, 0.1) is 0 Å². The van der Waals surface area contributed by atoms with Crippen molar-refractivity contribution < 1.29 is 4.42 Å². The first-order valence-electron chi connectivity index (χ1n) is 21.8. The molecule has 0 aliphatic carbocycles. The van der Waals surface area contributed by atoms with Crippen molar-refractivity contribution in [3.8, 4) is 33.4 Å². The molecule has 28 heteroatoms. The van der Waals surface area contributed by atoms with E-state index in [4.69, 9.17) is 216 Å². The largest absolute Gasteiger partial charge is 0.457 e. The highest BCUT2D eigenvalue weighted by molar-refractivity contribution is 6.77. The highest BCUT2D eigenvalue weighted by Crippen LogP contribution is 2.44. The Balaban J connectivity index is 1.57. The van der Waals surface area contributed by atoms with Crippen LogP contribution in [-0.2, 0) is 0 Å². The van der Waals surface area contributed by atoms with Gasteiger partial charge >= 0.3 is 0 Å². The van der Waals surface area contributed by atoms with Gasteiger partial charge in [-0.25, -0.2) is 0 Å². The summed E-state index contributed by atoms with van der Waals surface area (Å²) in [5.41, 5.74) is -4.11. The molecule has 54 radical (unpaired) electrons. The Hall–Kier alpha value is -4.43. The Morgan fingerprint density at radius 3 is 0.797 bits per heavy atom. The van der Waals surface area contributed by atoms with Crippen LogP contribution in [-0.4, -0.2) is 212 Å². The van der Waals surface area contributed by atoms with E-state index in [0.29, 0.717) is 0 Å². The van der Waals surface area contributed by atoms with E-state index in [2.05, 4.69) is 0 Å². The van der Waals surface area contributed by atoms with E-state index in [1.807, 2.05) is 0 Å². The Morgan fingerprint density at radius 2 is 0.405 bits per heavy atom. The van der Waals surface area contributed by atoms with Crippen LogP contribution in [0.3, 0.4) is 0 Å². The summed E-state index contributed by atoms with van der Waals surface area (Å²) in [6.07, 6.45) is 0. The Kier molecular flexibility index (Phi) is 12.8. The van der Waals surface area contributed by atoms with E-state index in [0.717, 1.165) is 0 Å². The minimum absolute atomic E-state index is 0.00348. The summed E-state index contributed by atoms with van der Waals surface area (Å²) in [5.74, 6) is 0. The Labute approximate surface area is 465 Å². The molecule has 10 rings (SSSR count). The molecule has 9 aromatic carbocycles. The fraction of sp³-hybridized carbons (Fsp3) is 0. The van der Waals surface area contributed by atoms with Gasteiger partial charge in [0.25, 0.3) is 0 Å². The fourth-order valence-electron chi connectivity index (χ4n) is 10.6. The van der Waals surface area contributed by atoms with E-state index in [9.17, 15) is 0 Å². The van der Waals surface area contributed by atoms with E-state index in [-0.39, 0.29) is 246 Å². The molecule has 0 aliphatic heterocycles. The monoisotopic (exact) mass is 866 g/mol. The van der Waals surface area contributed by atoms with Gasteiger partial charge in [0.1, 0.15) is 223 Å². The molecule has 0 atom stereocenters. The minimum Gasteiger partial charge on any atom is -0.457 e. The second-order valence-corrected chi connectivity index (χ2v) is 18.2. The smallest absolute Gasteiger partial charge is 0.128 e. The number of hydrogen-bond donors (Lipinski definition) is 0. The van der Waals surface area contributed by atoms with Crippen molar-refractivity contribution >= 4 is 424 Å². The third-order valence-electron chi connectivity index (χ3n) is 14.5. The van der Waals surface area contributed by atoms with Gasteiger partial charge in [-0.1, -0.05) is 88.0 Å². The predicted octanol–water partition coefficient (Wildman–Crippen LogP) is -19.4. The fourth-order valence-corrected chi connectivity index (χ4v) is 10.6. The molecule has 1 nitrogen and oxygen atoms in total. The molecule has 1 aromatic heterocycles. The van der Waals surface area contributed by atoms with E-state index >= 15 is 0 Å². The zero-order chi connectivity index (χ0) is 54.4. The quantitative estimate of drug-likeness (QED) is 0.127. The van der Waals surface area contributed by atoms with Crippen LogP contribution in [0.15, 0.2) is 10.5 Å². The van der Waals surface area contributed by atoms with E-state index in [1.54, 1.807) is 0 Å². The topological polar surface area (TPSA) is 13.1 Å². The number of benzene rings is 9. The third kappa shape index (κ3) is 6.69. The van der Waals surface area contributed by atoms with Crippen LogP contribution < -0.4 is 147 Å². The summed E-state index contributed by atoms with van der Waals surface area (Å²) in [6, 6.07) is 1.48. The lowest BCUT2D eigenvalue weighted by Gasteiger charge is -2.33. The molecule has 10 aromatic rings. The first kappa shape index (κ1) is 53.0. The summed E-state index contributed by atoms with van der Waals surface area (Å²) in [6.45, 7) is 0. The van der Waals surface area contributed by atoms with Gasteiger partial charge in [0.15, 0.2) is 0 Å². The minimum atomic E-state index is -0.255. The molecule has 272 valence electrons. The molecule has 0 fully saturated rings. The summed E-state index contributed by atoms with van der Waals surface area (Å²) < 4.78 is 6.35. The zero-order valence-corrected chi connectivity index (χ0v) is 39.1. The van der Waals surface area contributed by atoms with Gasteiger partial charge in [0.05, 0.1) is 0 Å². The average Bonchev–Trinajstić information content (AvgIpc) is 3.79. The molecule has 1 heterocycles. The molecule has 0 saturated carbocycles. The normalized spacial score (nSPS) is 11.9. The van der Waals surface area contributed by atoms with E-state index < -0.39 is 0 Å². The highest BCUT2D eigenvalue weighted by Gasteiger charge is 2.32. The van der Waals surface area contributed by atoms with Gasteiger partial charge in [-0.05, 0) is 76.5 Å². The molecule has 0 N–H and O–H groups in total. The molecule has 0 spiro atoms. The van der Waals surface area contributed by atoms with Gasteiger partial charge < -0.3 is 4.42 Å². The summed E-state index contributed by atoms with van der Waals surface area (Å²) in [4.78, 5) is 0. The molecule has 74 heavy (non-hydrogen) atoms. The molecule has 0 aliphatic rings. The number of hydrogen-bond acceptors (Lipinski definition) is 1. The highest BCUT2D eigenvalue weighted by atomic mass is 16.3. The van der Waals surface area contributed by atoms with Crippen LogP contribution in [0.4, 0.5) is 0 Å². The van der Waals surface area contributed by atoms with Crippen molar-refractivity contribution in [1.29, 1.82) is 0 Å². The lowest BCUT2D eigenvalue weighted by molar-refractivity contribution is 0.675. The van der Waals surface area contributed by atoms with Crippen LogP contribution in [0.5, 0.6) is 0 Å². The van der Waals surface area contributed by atoms with Crippen molar-refractivity contribution in [2.75, 3.05) is 0 Å². The molecule has 0 unspecified atom stereocenters. The van der Waals surface area contributed by atoms with Crippen LogP contribution in [0.2, 0.25) is 0 Å². The molecular formula is C46HB27O. The molecule has 0 bridgehead atoms. The number of furan rings is 1. The molecule has 0 amide bonds. The first-order valence-corrected chi connectivity index (χ1v) is 21.8. The second kappa shape index (κ2) is 17.8. The zero-order valence-electron chi connectivity index (χ0n) is 39.1. The number of rotatable bonds is 3. The summed E-state index contributed by atoms with van der Waals surface area (Å²) in [7, 11) is 184. The summed E-state index contributed by atoms with van der Waals surface area (Å²) >= 11 is 0. The van der Waals surface area contributed by atoms with Crippen molar-refractivity contribution in [3.05, 3.63) is 6.07 Å². The third-order valence-corrected chi connectivity index (χ3v) is 14.5. The van der Waals surface area contributed by atoms with Crippen molar-refractivity contribution in [3.63, 3.8) is 0 Å². The maximum atomic E-state index is 7.43. The van der Waals surface area contributed by atoms with E-state index in [1.165, 1.54) is 6.07 Å². The van der Waals surface area contributed by atoms with Crippen molar-refractivity contribution in [1.82, 2.24) is 0 Å². The maximum absolute atomic E-state index is 7.43. The summed E-state index contributed by atoms with van der Waals surface area (Å²) in [5, 5.41) is 0.436. The molecule has 0 saturated heterocycles.